The summed E-state index contributed by atoms with van der Waals surface area (Å²) < 4.78 is 7.35. The molecule has 1 fully saturated rings. The van der Waals surface area contributed by atoms with Crippen molar-refractivity contribution in [2.45, 2.75) is 65.9 Å². The number of hydrogen-bond acceptors (Lipinski definition) is 4. The molecule has 158 valence electrons. The van der Waals surface area contributed by atoms with Crippen LogP contribution in [0.4, 0.5) is 4.79 Å². The molecule has 0 saturated carbocycles. The maximum Gasteiger partial charge on any atom is 0.410 e. The van der Waals surface area contributed by atoms with E-state index < -0.39 is 11.6 Å². The topological polar surface area (TPSA) is 84.1 Å². The second-order valence-electron chi connectivity index (χ2n) is 8.83. The van der Waals surface area contributed by atoms with Crippen molar-refractivity contribution in [1.29, 1.82) is 0 Å². The Morgan fingerprint density at radius 1 is 1.24 bits per heavy atom. The molecule has 3 rings (SSSR count). The van der Waals surface area contributed by atoms with Gasteiger partial charge in [0.05, 0.1) is 16.8 Å². The molecule has 0 unspecified atom stereocenters. The molecule has 0 aliphatic carbocycles. The van der Waals surface area contributed by atoms with E-state index in [2.05, 4.69) is 12.0 Å². The Morgan fingerprint density at radius 2 is 1.90 bits per heavy atom. The molecule has 1 amide bonds. The number of aryl methyl sites for hydroxylation is 2. The largest absolute Gasteiger partial charge is 0.478 e. The Bertz CT molecular complexity index is 918. The van der Waals surface area contributed by atoms with Crippen molar-refractivity contribution >= 4 is 17.6 Å². The van der Waals surface area contributed by atoms with Crippen molar-refractivity contribution < 1.29 is 19.4 Å². The summed E-state index contributed by atoms with van der Waals surface area (Å²) in [5.74, 6) is -0.615. The zero-order valence-corrected chi connectivity index (χ0v) is 18.0. The van der Waals surface area contributed by atoms with E-state index in [0.717, 1.165) is 36.0 Å². The second-order valence-corrected chi connectivity index (χ2v) is 8.83. The predicted octanol–water partition coefficient (Wildman–Crippen LogP) is 4.09. The molecule has 3 heterocycles. The molecule has 1 aliphatic heterocycles. The molecule has 2 aromatic rings. The predicted molar refractivity (Wildman–Crippen MR) is 111 cm³/mol. The number of aromatic carboxylic acids is 1. The van der Waals surface area contributed by atoms with Crippen LogP contribution < -0.4 is 0 Å². The lowest BCUT2D eigenvalue weighted by atomic mass is 9.88. The number of fused-ring (bicyclic) bond motifs is 1. The monoisotopic (exact) mass is 401 g/mol. The zero-order chi connectivity index (χ0) is 21.3. The molecule has 2 aromatic heterocycles. The number of aromatic nitrogens is 2. The quantitative estimate of drug-likeness (QED) is 0.834. The highest BCUT2D eigenvalue weighted by Crippen LogP contribution is 2.29. The third-order valence-corrected chi connectivity index (χ3v) is 5.49. The molecular weight excluding hydrogens is 370 g/mol. The Hall–Kier alpha value is -2.57. The van der Waals surface area contributed by atoms with Crippen molar-refractivity contribution in [2.24, 2.45) is 5.92 Å². The summed E-state index contributed by atoms with van der Waals surface area (Å²) in [4.78, 5) is 26.0. The fourth-order valence-corrected chi connectivity index (χ4v) is 4.06. The lowest BCUT2D eigenvalue weighted by Gasteiger charge is -2.33. The number of carbonyl (C=O) groups is 2. The van der Waals surface area contributed by atoms with E-state index >= 15 is 0 Å². The van der Waals surface area contributed by atoms with Crippen LogP contribution in [0.2, 0.25) is 0 Å². The Balaban J connectivity index is 1.80. The van der Waals surface area contributed by atoms with Gasteiger partial charge in [-0.1, -0.05) is 6.92 Å². The Labute approximate surface area is 171 Å². The van der Waals surface area contributed by atoms with Gasteiger partial charge in [0.2, 0.25) is 0 Å². The van der Waals surface area contributed by atoms with Crippen LogP contribution in [0, 0.1) is 12.8 Å². The molecular formula is C22H31N3O4. The van der Waals surface area contributed by atoms with Crippen LogP contribution in [0.5, 0.6) is 0 Å². The minimum Gasteiger partial charge on any atom is -0.478 e. The number of nitrogens with zero attached hydrogens (tertiary/aromatic N) is 3. The number of ether oxygens (including phenoxy) is 1. The first-order chi connectivity index (χ1) is 13.6. The number of carbonyl (C=O) groups excluding carboxylic acids is 1. The van der Waals surface area contributed by atoms with Gasteiger partial charge in [0, 0.05) is 18.8 Å². The van der Waals surface area contributed by atoms with Gasteiger partial charge in [0.1, 0.15) is 5.60 Å². The van der Waals surface area contributed by atoms with Crippen molar-refractivity contribution in [3.05, 3.63) is 34.6 Å². The number of carboxylic acid groups (broad SMARTS) is 1. The third kappa shape index (κ3) is 4.54. The van der Waals surface area contributed by atoms with Crippen molar-refractivity contribution in [3.63, 3.8) is 0 Å². The van der Waals surface area contributed by atoms with Crippen molar-refractivity contribution in [3.8, 4) is 0 Å². The molecule has 0 atom stereocenters. The average Bonchev–Trinajstić information content (AvgIpc) is 3.03. The van der Waals surface area contributed by atoms with Gasteiger partial charge in [0.25, 0.3) is 0 Å². The lowest BCUT2D eigenvalue weighted by molar-refractivity contribution is 0.0184. The highest BCUT2D eigenvalue weighted by Gasteiger charge is 2.29. The third-order valence-electron chi connectivity index (χ3n) is 5.49. The van der Waals surface area contributed by atoms with Gasteiger partial charge in [0.15, 0.2) is 0 Å². The summed E-state index contributed by atoms with van der Waals surface area (Å²) in [5.41, 5.74) is 3.14. The molecule has 1 aliphatic rings. The summed E-state index contributed by atoms with van der Waals surface area (Å²) in [6, 6.07) is 3.99. The van der Waals surface area contributed by atoms with Crippen LogP contribution in [-0.2, 0) is 17.6 Å². The fraction of sp³-hybridized carbons (Fsp3) is 0.591. The van der Waals surface area contributed by atoms with E-state index in [4.69, 9.17) is 4.74 Å². The summed E-state index contributed by atoms with van der Waals surface area (Å²) in [7, 11) is 0. The fourth-order valence-electron chi connectivity index (χ4n) is 4.06. The SMILES string of the molecule is CCc1ccc2c(CC3CCN(C(=O)OC(C)(C)C)CC3)c(C(=O)O)c(C)nn12. The summed E-state index contributed by atoms with van der Waals surface area (Å²) in [6.45, 7) is 10.7. The first-order valence-electron chi connectivity index (χ1n) is 10.3. The van der Waals surface area contributed by atoms with Gasteiger partial charge in [-0.3, -0.25) is 0 Å². The normalized spacial score (nSPS) is 15.7. The molecule has 1 saturated heterocycles. The van der Waals surface area contributed by atoms with E-state index in [0.29, 0.717) is 36.7 Å². The molecule has 0 radical (unpaired) electrons. The smallest absolute Gasteiger partial charge is 0.410 e. The maximum atomic E-state index is 12.3. The van der Waals surface area contributed by atoms with Crippen LogP contribution in [0.25, 0.3) is 5.52 Å². The molecule has 0 bridgehead atoms. The van der Waals surface area contributed by atoms with E-state index in [1.165, 1.54) is 0 Å². The van der Waals surface area contributed by atoms with E-state index in [-0.39, 0.29) is 6.09 Å². The maximum absolute atomic E-state index is 12.3. The van der Waals surface area contributed by atoms with Gasteiger partial charge >= 0.3 is 12.1 Å². The molecule has 1 N–H and O–H groups in total. The highest BCUT2D eigenvalue weighted by atomic mass is 16.6. The number of carboxylic acids is 1. The first kappa shape index (κ1) is 21.1. The van der Waals surface area contributed by atoms with Gasteiger partial charge < -0.3 is 14.7 Å². The van der Waals surface area contributed by atoms with Crippen LogP contribution in [-0.4, -0.2) is 50.4 Å². The van der Waals surface area contributed by atoms with Gasteiger partial charge in [-0.25, -0.2) is 14.1 Å². The number of amides is 1. The highest BCUT2D eigenvalue weighted by molar-refractivity contribution is 5.93. The molecule has 7 nitrogen and oxygen atoms in total. The standard InChI is InChI=1S/C22H31N3O4/c1-6-16-7-8-18-17(19(20(26)27)14(2)23-25(16)18)13-15-9-11-24(12-10-15)21(28)29-22(3,4)5/h7-8,15H,6,9-13H2,1-5H3,(H,26,27). The molecule has 0 spiro atoms. The molecule has 29 heavy (non-hydrogen) atoms. The van der Waals surface area contributed by atoms with Crippen LogP contribution in [0.15, 0.2) is 12.1 Å². The van der Waals surface area contributed by atoms with E-state index in [1.54, 1.807) is 11.8 Å². The van der Waals surface area contributed by atoms with Gasteiger partial charge in [-0.05, 0) is 77.0 Å². The van der Waals surface area contributed by atoms with Crippen LogP contribution in [0.1, 0.15) is 67.8 Å². The van der Waals surface area contributed by atoms with E-state index in [1.807, 2.05) is 37.4 Å². The lowest BCUT2D eigenvalue weighted by Crippen LogP contribution is -2.42. The van der Waals surface area contributed by atoms with E-state index in [9.17, 15) is 14.7 Å². The first-order valence-corrected chi connectivity index (χ1v) is 10.3. The molecule has 7 heteroatoms. The summed E-state index contributed by atoms with van der Waals surface area (Å²) in [5, 5.41) is 14.3. The van der Waals surface area contributed by atoms with Gasteiger partial charge in [-0.15, -0.1) is 0 Å². The van der Waals surface area contributed by atoms with Crippen molar-refractivity contribution in [2.75, 3.05) is 13.1 Å². The number of piperidine rings is 1. The second kappa shape index (κ2) is 8.05. The van der Waals surface area contributed by atoms with Gasteiger partial charge in [-0.2, -0.15) is 5.10 Å². The number of likely N-dealkylation sites (tertiary alicyclic amines) is 1. The van der Waals surface area contributed by atoms with Crippen molar-refractivity contribution in [1.82, 2.24) is 14.5 Å². The minimum atomic E-state index is -0.932. The Morgan fingerprint density at radius 3 is 2.45 bits per heavy atom. The van der Waals surface area contributed by atoms with Crippen LogP contribution in [0.3, 0.4) is 0 Å². The van der Waals surface area contributed by atoms with Crippen LogP contribution >= 0.6 is 0 Å². The zero-order valence-electron chi connectivity index (χ0n) is 18.0. The minimum absolute atomic E-state index is 0.275. The number of rotatable bonds is 4. The summed E-state index contributed by atoms with van der Waals surface area (Å²) in [6.07, 6.45) is 2.88. The summed E-state index contributed by atoms with van der Waals surface area (Å²) >= 11 is 0. The average molecular weight is 402 g/mol. The number of hydrogen-bond donors (Lipinski definition) is 1. The Kier molecular flexibility index (Phi) is 5.87. The molecule has 0 aromatic carbocycles.